The van der Waals surface area contributed by atoms with Gasteiger partial charge in [0.2, 0.25) is 0 Å². The fourth-order valence-corrected chi connectivity index (χ4v) is 3.28. The number of nitrogens with one attached hydrogen (secondary N) is 1. The predicted molar refractivity (Wildman–Crippen MR) is 63.5 cm³/mol. The molecule has 0 saturated heterocycles. The molecule has 0 spiro atoms. The van der Waals surface area contributed by atoms with Crippen molar-refractivity contribution in [2.45, 2.75) is 30.9 Å². The van der Waals surface area contributed by atoms with Crippen LogP contribution in [0.3, 0.4) is 0 Å². The Labute approximate surface area is 98.6 Å². The molecule has 2 unspecified atom stereocenters. The SMILES string of the molecule is CCNC1c2cc(F)cc(F)c2CSC1C. The van der Waals surface area contributed by atoms with E-state index in [-0.39, 0.29) is 6.04 Å². The molecule has 2 rings (SSSR count). The molecule has 0 aromatic heterocycles. The highest BCUT2D eigenvalue weighted by atomic mass is 32.2. The van der Waals surface area contributed by atoms with Crippen LogP contribution in [0, 0.1) is 11.6 Å². The van der Waals surface area contributed by atoms with E-state index in [0.717, 1.165) is 18.2 Å². The lowest BCUT2D eigenvalue weighted by Gasteiger charge is -2.31. The molecule has 1 aromatic carbocycles. The zero-order valence-corrected chi connectivity index (χ0v) is 10.2. The maximum atomic E-state index is 13.6. The monoisotopic (exact) mass is 243 g/mol. The number of hydrogen-bond acceptors (Lipinski definition) is 2. The van der Waals surface area contributed by atoms with Crippen LogP contribution in [0.5, 0.6) is 0 Å². The van der Waals surface area contributed by atoms with Crippen molar-refractivity contribution in [2.24, 2.45) is 0 Å². The summed E-state index contributed by atoms with van der Waals surface area (Å²) in [5.74, 6) is -0.277. The van der Waals surface area contributed by atoms with E-state index < -0.39 is 11.6 Å². The highest BCUT2D eigenvalue weighted by molar-refractivity contribution is 7.99. The molecule has 1 heterocycles. The number of fused-ring (bicyclic) bond motifs is 1. The second-order valence-electron chi connectivity index (χ2n) is 4.01. The minimum atomic E-state index is -0.488. The van der Waals surface area contributed by atoms with Crippen LogP contribution in [-0.2, 0) is 5.75 Å². The molecule has 0 radical (unpaired) electrons. The number of thioether (sulfide) groups is 1. The number of halogens is 2. The van der Waals surface area contributed by atoms with Crippen molar-refractivity contribution >= 4 is 11.8 Å². The molecule has 1 aliphatic heterocycles. The molecule has 2 atom stereocenters. The molecule has 1 aromatic rings. The highest BCUT2D eigenvalue weighted by Crippen LogP contribution is 2.38. The first-order chi connectivity index (χ1) is 7.63. The van der Waals surface area contributed by atoms with Gasteiger partial charge in [-0.3, -0.25) is 0 Å². The second kappa shape index (κ2) is 4.72. The van der Waals surface area contributed by atoms with Gasteiger partial charge in [0, 0.05) is 28.7 Å². The molecule has 0 aliphatic carbocycles. The first-order valence-corrected chi connectivity index (χ1v) is 6.51. The van der Waals surface area contributed by atoms with Gasteiger partial charge in [-0.15, -0.1) is 0 Å². The third-order valence-corrected chi connectivity index (χ3v) is 4.17. The van der Waals surface area contributed by atoms with Crippen molar-refractivity contribution in [3.63, 3.8) is 0 Å². The average molecular weight is 243 g/mol. The minimum absolute atomic E-state index is 0.0453. The van der Waals surface area contributed by atoms with Crippen LogP contribution in [0.25, 0.3) is 0 Å². The van der Waals surface area contributed by atoms with Crippen molar-refractivity contribution in [3.8, 4) is 0 Å². The van der Waals surface area contributed by atoms with E-state index in [1.807, 2.05) is 6.92 Å². The van der Waals surface area contributed by atoms with Crippen molar-refractivity contribution in [3.05, 3.63) is 34.9 Å². The Morgan fingerprint density at radius 2 is 2.19 bits per heavy atom. The summed E-state index contributed by atoms with van der Waals surface area (Å²) in [6, 6.07) is 2.48. The summed E-state index contributed by atoms with van der Waals surface area (Å²) in [4.78, 5) is 0. The van der Waals surface area contributed by atoms with Gasteiger partial charge in [-0.05, 0) is 18.2 Å². The van der Waals surface area contributed by atoms with Gasteiger partial charge in [-0.25, -0.2) is 8.78 Å². The van der Waals surface area contributed by atoms with Gasteiger partial charge in [0.1, 0.15) is 11.6 Å². The van der Waals surface area contributed by atoms with Crippen molar-refractivity contribution in [1.82, 2.24) is 5.32 Å². The van der Waals surface area contributed by atoms with Gasteiger partial charge in [0.05, 0.1) is 0 Å². The number of rotatable bonds is 2. The van der Waals surface area contributed by atoms with Crippen LogP contribution in [-0.4, -0.2) is 11.8 Å². The Kier molecular flexibility index (Phi) is 3.50. The third kappa shape index (κ3) is 2.09. The van der Waals surface area contributed by atoms with Crippen LogP contribution >= 0.6 is 11.8 Å². The van der Waals surface area contributed by atoms with Crippen LogP contribution < -0.4 is 5.32 Å². The maximum Gasteiger partial charge on any atom is 0.130 e. The summed E-state index contributed by atoms with van der Waals surface area (Å²) in [7, 11) is 0. The van der Waals surface area contributed by atoms with Crippen LogP contribution in [0.15, 0.2) is 12.1 Å². The molecule has 0 amide bonds. The summed E-state index contributed by atoms with van der Waals surface area (Å²) >= 11 is 1.70. The maximum absolute atomic E-state index is 13.6. The zero-order valence-electron chi connectivity index (χ0n) is 9.39. The van der Waals surface area contributed by atoms with E-state index >= 15 is 0 Å². The lowest BCUT2D eigenvalue weighted by Crippen LogP contribution is -2.32. The first-order valence-electron chi connectivity index (χ1n) is 5.46. The number of hydrogen-bond donors (Lipinski definition) is 1. The zero-order chi connectivity index (χ0) is 11.7. The van der Waals surface area contributed by atoms with Crippen molar-refractivity contribution < 1.29 is 8.78 Å². The molecule has 1 N–H and O–H groups in total. The Hall–Kier alpha value is -0.610. The topological polar surface area (TPSA) is 12.0 Å². The molecular formula is C12H15F2NS. The van der Waals surface area contributed by atoms with Gasteiger partial charge >= 0.3 is 0 Å². The third-order valence-electron chi connectivity index (χ3n) is 2.91. The van der Waals surface area contributed by atoms with Crippen molar-refractivity contribution in [2.75, 3.05) is 6.54 Å². The van der Waals surface area contributed by atoms with Gasteiger partial charge < -0.3 is 5.32 Å². The summed E-state index contributed by atoms with van der Waals surface area (Å²) < 4.78 is 26.8. The molecule has 0 bridgehead atoms. The van der Waals surface area contributed by atoms with E-state index in [4.69, 9.17) is 0 Å². The fraction of sp³-hybridized carbons (Fsp3) is 0.500. The van der Waals surface area contributed by atoms with E-state index in [1.54, 1.807) is 11.8 Å². The minimum Gasteiger partial charge on any atom is -0.309 e. The second-order valence-corrected chi connectivity index (χ2v) is 5.37. The van der Waals surface area contributed by atoms with Crippen LogP contribution in [0.2, 0.25) is 0 Å². The summed E-state index contributed by atoms with van der Waals surface area (Å²) in [5.41, 5.74) is 1.43. The Balaban J connectivity index is 2.45. The molecule has 1 nitrogen and oxygen atoms in total. The van der Waals surface area contributed by atoms with E-state index in [9.17, 15) is 8.78 Å². The standard InChI is InChI=1S/C12H15F2NS/c1-3-15-12-7(2)16-6-10-9(12)4-8(13)5-11(10)14/h4-5,7,12,15H,3,6H2,1-2H3. The largest absolute Gasteiger partial charge is 0.309 e. The normalized spacial score (nSPS) is 24.2. The fourth-order valence-electron chi connectivity index (χ4n) is 2.11. The molecular weight excluding hydrogens is 228 g/mol. The molecule has 1 aliphatic rings. The van der Waals surface area contributed by atoms with E-state index in [0.29, 0.717) is 16.6 Å². The first kappa shape index (κ1) is 11.9. The smallest absolute Gasteiger partial charge is 0.130 e. The Morgan fingerprint density at radius 3 is 2.88 bits per heavy atom. The van der Waals surface area contributed by atoms with E-state index in [2.05, 4.69) is 12.2 Å². The number of benzene rings is 1. The molecule has 88 valence electrons. The molecule has 0 fully saturated rings. The van der Waals surface area contributed by atoms with Gasteiger partial charge in [-0.2, -0.15) is 11.8 Å². The highest BCUT2D eigenvalue weighted by Gasteiger charge is 2.28. The average Bonchev–Trinajstić information content (AvgIpc) is 2.22. The quantitative estimate of drug-likeness (QED) is 0.855. The van der Waals surface area contributed by atoms with Gasteiger partial charge in [0.15, 0.2) is 0 Å². The lowest BCUT2D eigenvalue weighted by molar-refractivity contribution is 0.515. The van der Waals surface area contributed by atoms with Crippen LogP contribution in [0.1, 0.15) is 31.0 Å². The van der Waals surface area contributed by atoms with Gasteiger partial charge in [-0.1, -0.05) is 13.8 Å². The lowest BCUT2D eigenvalue weighted by atomic mass is 9.97. The molecule has 4 heteroatoms. The van der Waals surface area contributed by atoms with Crippen molar-refractivity contribution in [1.29, 1.82) is 0 Å². The Bertz CT molecular complexity index is 395. The Morgan fingerprint density at radius 1 is 1.44 bits per heavy atom. The predicted octanol–water partition coefficient (Wildman–Crippen LogP) is 3.25. The van der Waals surface area contributed by atoms with Crippen LogP contribution in [0.4, 0.5) is 8.78 Å². The molecule has 16 heavy (non-hydrogen) atoms. The molecule has 0 saturated carbocycles. The van der Waals surface area contributed by atoms with Gasteiger partial charge in [0.25, 0.3) is 0 Å². The summed E-state index contributed by atoms with van der Waals surface area (Å²) in [6.45, 7) is 4.89. The van der Waals surface area contributed by atoms with E-state index in [1.165, 1.54) is 6.07 Å². The summed E-state index contributed by atoms with van der Waals surface area (Å²) in [6.07, 6.45) is 0. The summed E-state index contributed by atoms with van der Waals surface area (Å²) in [5, 5.41) is 3.63.